The molecule has 0 unspecified atom stereocenters. The molecule has 0 aromatic heterocycles. The standard InChI is InChI=1S/C16H16BrClO/c1-11(2)13-4-3-5-14(9-13)19-16-7-6-12(10-18)8-15(16)17/h3-9,11H,10H2,1-2H3. The number of hydrogen-bond donors (Lipinski definition) is 0. The van der Waals surface area contributed by atoms with Crippen LogP contribution >= 0.6 is 27.5 Å². The molecular weight excluding hydrogens is 324 g/mol. The maximum atomic E-state index is 5.91. The molecule has 0 N–H and O–H groups in total. The summed E-state index contributed by atoms with van der Waals surface area (Å²) in [5, 5.41) is 0. The van der Waals surface area contributed by atoms with Crippen LogP contribution in [0.15, 0.2) is 46.9 Å². The van der Waals surface area contributed by atoms with Gasteiger partial charge in [0.2, 0.25) is 0 Å². The zero-order chi connectivity index (χ0) is 13.8. The van der Waals surface area contributed by atoms with Crippen molar-refractivity contribution in [1.82, 2.24) is 0 Å². The first-order valence-corrected chi connectivity index (χ1v) is 7.55. The predicted octanol–water partition coefficient (Wildman–Crippen LogP) is 6.10. The zero-order valence-electron chi connectivity index (χ0n) is 11.0. The minimum Gasteiger partial charge on any atom is -0.456 e. The molecule has 0 heterocycles. The first-order chi connectivity index (χ1) is 9.10. The summed E-state index contributed by atoms with van der Waals surface area (Å²) in [5.41, 5.74) is 2.34. The van der Waals surface area contributed by atoms with E-state index < -0.39 is 0 Å². The maximum absolute atomic E-state index is 5.91. The molecule has 0 aliphatic heterocycles. The Morgan fingerprint density at radius 3 is 2.58 bits per heavy atom. The Balaban J connectivity index is 2.23. The third kappa shape index (κ3) is 3.74. The minimum absolute atomic E-state index is 0.491. The van der Waals surface area contributed by atoms with E-state index in [1.807, 2.05) is 30.3 Å². The molecular formula is C16H16BrClO. The van der Waals surface area contributed by atoms with Crippen molar-refractivity contribution in [2.75, 3.05) is 0 Å². The van der Waals surface area contributed by atoms with Crippen molar-refractivity contribution in [3.8, 4) is 11.5 Å². The van der Waals surface area contributed by atoms with E-state index in [1.54, 1.807) is 0 Å². The van der Waals surface area contributed by atoms with E-state index in [2.05, 4.69) is 41.9 Å². The van der Waals surface area contributed by atoms with Crippen LogP contribution in [0.25, 0.3) is 0 Å². The molecule has 19 heavy (non-hydrogen) atoms. The van der Waals surface area contributed by atoms with Gasteiger partial charge >= 0.3 is 0 Å². The summed E-state index contributed by atoms with van der Waals surface area (Å²) in [6, 6.07) is 14.1. The number of ether oxygens (including phenoxy) is 1. The molecule has 0 aliphatic carbocycles. The van der Waals surface area contributed by atoms with Gasteiger partial charge in [0.1, 0.15) is 11.5 Å². The fraction of sp³-hybridized carbons (Fsp3) is 0.250. The lowest BCUT2D eigenvalue weighted by Gasteiger charge is -2.11. The zero-order valence-corrected chi connectivity index (χ0v) is 13.3. The van der Waals surface area contributed by atoms with E-state index in [4.69, 9.17) is 16.3 Å². The van der Waals surface area contributed by atoms with Crippen LogP contribution in [-0.2, 0) is 5.88 Å². The Kier molecular flexibility index (Phi) is 4.89. The number of halogens is 2. The summed E-state index contributed by atoms with van der Waals surface area (Å²) in [5.74, 6) is 2.65. The van der Waals surface area contributed by atoms with Gasteiger partial charge in [-0.05, 0) is 57.2 Å². The highest BCUT2D eigenvalue weighted by atomic mass is 79.9. The van der Waals surface area contributed by atoms with Gasteiger partial charge in [0.05, 0.1) is 4.47 Å². The van der Waals surface area contributed by atoms with Crippen LogP contribution < -0.4 is 4.74 Å². The smallest absolute Gasteiger partial charge is 0.141 e. The van der Waals surface area contributed by atoms with Gasteiger partial charge < -0.3 is 4.74 Å². The van der Waals surface area contributed by atoms with Crippen LogP contribution in [0.5, 0.6) is 11.5 Å². The highest BCUT2D eigenvalue weighted by molar-refractivity contribution is 9.10. The molecule has 2 rings (SSSR count). The Morgan fingerprint density at radius 1 is 1.16 bits per heavy atom. The van der Waals surface area contributed by atoms with E-state index in [9.17, 15) is 0 Å². The van der Waals surface area contributed by atoms with Crippen LogP contribution in [-0.4, -0.2) is 0 Å². The van der Waals surface area contributed by atoms with Crippen molar-refractivity contribution in [1.29, 1.82) is 0 Å². The number of hydrogen-bond acceptors (Lipinski definition) is 1. The predicted molar refractivity (Wildman–Crippen MR) is 84.3 cm³/mol. The van der Waals surface area contributed by atoms with E-state index >= 15 is 0 Å². The Morgan fingerprint density at radius 2 is 1.95 bits per heavy atom. The SMILES string of the molecule is CC(C)c1cccc(Oc2ccc(CCl)cc2Br)c1. The fourth-order valence-electron chi connectivity index (χ4n) is 1.77. The number of rotatable bonds is 4. The molecule has 0 saturated heterocycles. The summed E-state index contributed by atoms with van der Waals surface area (Å²) >= 11 is 9.31. The van der Waals surface area contributed by atoms with Crippen molar-refractivity contribution in [3.63, 3.8) is 0 Å². The van der Waals surface area contributed by atoms with Crippen LogP contribution in [0.2, 0.25) is 0 Å². The van der Waals surface area contributed by atoms with Gasteiger partial charge in [-0.25, -0.2) is 0 Å². The van der Waals surface area contributed by atoms with Crippen molar-refractivity contribution in [2.24, 2.45) is 0 Å². The average molecular weight is 340 g/mol. The van der Waals surface area contributed by atoms with Gasteiger partial charge in [0.15, 0.2) is 0 Å². The van der Waals surface area contributed by atoms with Crippen LogP contribution in [0.3, 0.4) is 0 Å². The Hall–Kier alpha value is -0.990. The molecule has 2 aromatic carbocycles. The maximum Gasteiger partial charge on any atom is 0.141 e. The van der Waals surface area contributed by atoms with Crippen molar-refractivity contribution < 1.29 is 4.74 Å². The number of benzene rings is 2. The van der Waals surface area contributed by atoms with Gasteiger partial charge in [-0.3, -0.25) is 0 Å². The van der Waals surface area contributed by atoms with Gasteiger partial charge in [0, 0.05) is 5.88 Å². The van der Waals surface area contributed by atoms with Crippen molar-refractivity contribution >= 4 is 27.5 Å². The highest BCUT2D eigenvalue weighted by Gasteiger charge is 2.06. The van der Waals surface area contributed by atoms with Crippen LogP contribution in [0, 0.1) is 0 Å². The summed E-state index contributed by atoms with van der Waals surface area (Å²) in [7, 11) is 0. The van der Waals surface area contributed by atoms with E-state index in [0.29, 0.717) is 11.8 Å². The van der Waals surface area contributed by atoms with E-state index in [1.165, 1.54) is 5.56 Å². The third-order valence-corrected chi connectivity index (χ3v) is 3.83. The number of alkyl halides is 1. The van der Waals surface area contributed by atoms with Gasteiger partial charge in [-0.15, -0.1) is 11.6 Å². The van der Waals surface area contributed by atoms with E-state index in [0.717, 1.165) is 21.5 Å². The minimum atomic E-state index is 0.491. The lowest BCUT2D eigenvalue weighted by atomic mass is 10.0. The van der Waals surface area contributed by atoms with Gasteiger partial charge in [-0.2, -0.15) is 0 Å². The molecule has 2 aromatic rings. The second-order valence-electron chi connectivity index (χ2n) is 4.73. The first kappa shape index (κ1) is 14.4. The fourth-order valence-corrected chi connectivity index (χ4v) is 2.45. The molecule has 0 fully saturated rings. The Labute approximate surface area is 127 Å². The lowest BCUT2D eigenvalue weighted by Crippen LogP contribution is -1.90. The third-order valence-electron chi connectivity index (χ3n) is 2.90. The van der Waals surface area contributed by atoms with E-state index in [-0.39, 0.29) is 0 Å². The molecule has 0 saturated carbocycles. The second-order valence-corrected chi connectivity index (χ2v) is 5.85. The molecule has 3 heteroatoms. The summed E-state index contributed by atoms with van der Waals surface area (Å²) < 4.78 is 6.83. The molecule has 0 aliphatic rings. The topological polar surface area (TPSA) is 9.23 Å². The quantitative estimate of drug-likeness (QED) is 0.611. The second kappa shape index (κ2) is 6.44. The normalized spacial score (nSPS) is 10.8. The van der Waals surface area contributed by atoms with Gasteiger partial charge in [0.25, 0.3) is 0 Å². The molecule has 0 radical (unpaired) electrons. The largest absolute Gasteiger partial charge is 0.456 e. The molecule has 0 bridgehead atoms. The molecule has 0 atom stereocenters. The first-order valence-electron chi connectivity index (χ1n) is 6.22. The van der Waals surface area contributed by atoms with Crippen molar-refractivity contribution in [2.45, 2.75) is 25.6 Å². The average Bonchev–Trinajstić information content (AvgIpc) is 2.41. The molecule has 100 valence electrons. The van der Waals surface area contributed by atoms with Crippen LogP contribution in [0.1, 0.15) is 30.9 Å². The molecule has 0 spiro atoms. The van der Waals surface area contributed by atoms with Crippen LogP contribution in [0.4, 0.5) is 0 Å². The molecule has 1 nitrogen and oxygen atoms in total. The summed E-state index contributed by atoms with van der Waals surface area (Å²) in [6.45, 7) is 4.34. The Bertz CT molecular complexity index is 566. The molecule has 0 amide bonds. The van der Waals surface area contributed by atoms with Crippen molar-refractivity contribution in [3.05, 3.63) is 58.1 Å². The van der Waals surface area contributed by atoms with Gasteiger partial charge in [-0.1, -0.05) is 32.0 Å². The lowest BCUT2D eigenvalue weighted by molar-refractivity contribution is 0.478. The summed E-state index contributed by atoms with van der Waals surface area (Å²) in [4.78, 5) is 0. The summed E-state index contributed by atoms with van der Waals surface area (Å²) in [6.07, 6.45) is 0. The highest BCUT2D eigenvalue weighted by Crippen LogP contribution is 2.32. The monoisotopic (exact) mass is 338 g/mol.